The van der Waals surface area contributed by atoms with Gasteiger partial charge in [-0.1, -0.05) is 23.7 Å². The van der Waals surface area contributed by atoms with Crippen molar-refractivity contribution in [1.82, 2.24) is 9.97 Å². The quantitative estimate of drug-likeness (QED) is 0.778. The highest BCUT2D eigenvalue weighted by atomic mass is 35.5. The van der Waals surface area contributed by atoms with Crippen LogP contribution in [-0.2, 0) is 6.42 Å². The first kappa shape index (κ1) is 14.3. The van der Waals surface area contributed by atoms with Crippen molar-refractivity contribution in [3.05, 3.63) is 74.8 Å². The highest BCUT2D eigenvalue weighted by Crippen LogP contribution is 2.15. The Kier molecular flexibility index (Phi) is 3.65. The lowest BCUT2D eigenvalue weighted by Gasteiger charge is -2.04. The number of aromatic amines is 1. The van der Waals surface area contributed by atoms with Crippen molar-refractivity contribution < 1.29 is 9.90 Å². The van der Waals surface area contributed by atoms with Gasteiger partial charge in [0.15, 0.2) is 0 Å². The van der Waals surface area contributed by atoms with Gasteiger partial charge < -0.3 is 10.1 Å². The average molecular weight is 315 g/mol. The minimum absolute atomic E-state index is 0.0578. The van der Waals surface area contributed by atoms with Crippen LogP contribution in [0.4, 0.5) is 0 Å². The zero-order valence-corrected chi connectivity index (χ0v) is 12.1. The molecule has 1 heterocycles. The highest BCUT2D eigenvalue weighted by Gasteiger charge is 2.09. The topological polar surface area (TPSA) is 83.0 Å². The molecule has 0 atom stereocenters. The van der Waals surface area contributed by atoms with Crippen LogP contribution in [0.2, 0.25) is 5.02 Å². The van der Waals surface area contributed by atoms with Gasteiger partial charge in [-0.25, -0.2) is 9.78 Å². The lowest BCUT2D eigenvalue weighted by molar-refractivity contribution is 0.0697. The summed E-state index contributed by atoms with van der Waals surface area (Å²) in [7, 11) is 0. The molecule has 0 aliphatic rings. The molecule has 0 aliphatic carbocycles. The molecule has 0 fully saturated rings. The number of aromatic nitrogens is 2. The summed E-state index contributed by atoms with van der Waals surface area (Å²) in [6.07, 6.45) is 0.437. The molecule has 1 aromatic heterocycles. The Morgan fingerprint density at radius 2 is 2.05 bits per heavy atom. The number of carboxylic acid groups (broad SMARTS) is 1. The largest absolute Gasteiger partial charge is 0.478 e. The van der Waals surface area contributed by atoms with Crippen molar-refractivity contribution in [2.75, 3.05) is 0 Å². The number of H-pyrrole nitrogens is 1. The second-order valence-corrected chi connectivity index (χ2v) is 5.29. The number of benzene rings is 2. The van der Waals surface area contributed by atoms with Crippen molar-refractivity contribution in [2.45, 2.75) is 6.42 Å². The van der Waals surface area contributed by atoms with Crippen molar-refractivity contribution in [1.29, 1.82) is 0 Å². The fourth-order valence-corrected chi connectivity index (χ4v) is 2.46. The van der Waals surface area contributed by atoms with E-state index in [4.69, 9.17) is 16.7 Å². The van der Waals surface area contributed by atoms with Crippen LogP contribution in [0.1, 0.15) is 21.7 Å². The first-order valence-corrected chi connectivity index (χ1v) is 6.91. The second-order valence-electron chi connectivity index (χ2n) is 4.86. The number of aromatic carboxylic acids is 1. The summed E-state index contributed by atoms with van der Waals surface area (Å²) in [5.74, 6) is -0.577. The predicted molar refractivity (Wildman–Crippen MR) is 83.6 cm³/mol. The molecular weight excluding hydrogens is 304 g/mol. The van der Waals surface area contributed by atoms with Crippen LogP contribution < -0.4 is 5.56 Å². The van der Waals surface area contributed by atoms with Crippen molar-refractivity contribution >= 4 is 28.5 Å². The number of hydrogen-bond donors (Lipinski definition) is 2. The van der Waals surface area contributed by atoms with Crippen LogP contribution in [0.25, 0.3) is 10.9 Å². The van der Waals surface area contributed by atoms with Crippen LogP contribution in [0.15, 0.2) is 47.3 Å². The summed E-state index contributed by atoms with van der Waals surface area (Å²) >= 11 is 5.94. The SMILES string of the molecule is O=C(O)c1ccc2nc(Cc3cccc(Cl)c3)[nH]c(=O)c2c1. The Morgan fingerprint density at radius 3 is 2.77 bits per heavy atom. The van der Waals surface area contributed by atoms with Crippen molar-refractivity contribution in [3.63, 3.8) is 0 Å². The number of hydrogen-bond acceptors (Lipinski definition) is 3. The molecule has 0 bridgehead atoms. The zero-order valence-electron chi connectivity index (χ0n) is 11.3. The second kappa shape index (κ2) is 5.61. The lowest BCUT2D eigenvalue weighted by Crippen LogP contribution is -2.13. The molecule has 22 heavy (non-hydrogen) atoms. The number of nitrogens with zero attached hydrogens (tertiary/aromatic N) is 1. The maximum Gasteiger partial charge on any atom is 0.335 e. The van der Waals surface area contributed by atoms with Gasteiger partial charge in [0.1, 0.15) is 5.82 Å². The normalized spacial score (nSPS) is 10.8. The van der Waals surface area contributed by atoms with E-state index in [1.165, 1.54) is 18.2 Å². The summed E-state index contributed by atoms with van der Waals surface area (Å²) in [6, 6.07) is 11.6. The molecule has 110 valence electrons. The Morgan fingerprint density at radius 1 is 1.23 bits per heavy atom. The van der Waals surface area contributed by atoms with Gasteiger partial charge >= 0.3 is 5.97 Å². The van der Waals surface area contributed by atoms with Gasteiger partial charge in [0.05, 0.1) is 16.5 Å². The third-order valence-corrected chi connectivity index (χ3v) is 3.50. The van der Waals surface area contributed by atoms with E-state index in [1.54, 1.807) is 12.1 Å². The average Bonchev–Trinajstić information content (AvgIpc) is 2.47. The molecule has 6 heteroatoms. The van der Waals surface area contributed by atoms with E-state index in [2.05, 4.69) is 9.97 Å². The van der Waals surface area contributed by atoms with E-state index in [9.17, 15) is 9.59 Å². The Hall–Kier alpha value is -2.66. The summed E-state index contributed by atoms with van der Waals surface area (Å²) in [4.78, 5) is 30.1. The Balaban J connectivity index is 2.04. The molecule has 0 spiro atoms. The van der Waals surface area contributed by atoms with Gasteiger partial charge in [0.2, 0.25) is 0 Å². The molecule has 0 radical (unpaired) electrons. The van der Waals surface area contributed by atoms with E-state index < -0.39 is 5.97 Å². The molecule has 5 nitrogen and oxygen atoms in total. The van der Waals surface area contributed by atoms with Gasteiger partial charge in [-0.2, -0.15) is 0 Å². The number of carbonyl (C=O) groups is 1. The van der Waals surface area contributed by atoms with E-state index >= 15 is 0 Å². The molecule has 0 saturated carbocycles. The molecule has 0 amide bonds. The van der Waals surface area contributed by atoms with Gasteiger partial charge in [0, 0.05) is 11.4 Å². The maximum absolute atomic E-state index is 12.1. The molecule has 0 saturated heterocycles. The van der Waals surface area contributed by atoms with Crippen molar-refractivity contribution in [2.24, 2.45) is 0 Å². The number of fused-ring (bicyclic) bond motifs is 1. The zero-order chi connectivity index (χ0) is 15.7. The van der Waals surface area contributed by atoms with E-state index in [1.807, 2.05) is 12.1 Å². The Labute approximate surface area is 130 Å². The van der Waals surface area contributed by atoms with Crippen LogP contribution in [-0.4, -0.2) is 21.0 Å². The molecule has 2 N–H and O–H groups in total. The highest BCUT2D eigenvalue weighted by molar-refractivity contribution is 6.30. The van der Waals surface area contributed by atoms with E-state index in [0.29, 0.717) is 22.8 Å². The summed E-state index contributed by atoms with van der Waals surface area (Å²) in [5.41, 5.74) is 1.09. The fraction of sp³-hybridized carbons (Fsp3) is 0.0625. The third-order valence-electron chi connectivity index (χ3n) is 3.26. The molecule has 2 aromatic carbocycles. The number of rotatable bonds is 3. The minimum atomic E-state index is -1.08. The lowest BCUT2D eigenvalue weighted by atomic mass is 10.1. The number of halogens is 1. The summed E-state index contributed by atoms with van der Waals surface area (Å²) in [5, 5.41) is 9.84. The molecule has 0 unspecified atom stereocenters. The monoisotopic (exact) mass is 314 g/mol. The van der Waals surface area contributed by atoms with Crippen molar-refractivity contribution in [3.8, 4) is 0 Å². The smallest absolute Gasteiger partial charge is 0.335 e. The molecule has 3 aromatic rings. The van der Waals surface area contributed by atoms with Crippen LogP contribution >= 0.6 is 11.6 Å². The van der Waals surface area contributed by atoms with Gasteiger partial charge in [0.25, 0.3) is 5.56 Å². The van der Waals surface area contributed by atoms with Crippen LogP contribution in [0, 0.1) is 0 Å². The maximum atomic E-state index is 12.1. The van der Waals surface area contributed by atoms with E-state index in [-0.39, 0.29) is 16.5 Å². The summed E-state index contributed by atoms with van der Waals surface area (Å²) < 4.78 is 0. The third kappa shape index (κ3) is 2.84. The van der Waals surface area contributed by atoms with E-state index in [0.717, 1.165) is 5.56 Å². The predicted octanol–water partition coefficient (Wildman–Crippen LogP) is 2.87. The van der Waals surface area contributed by atoms with Gasteiger partial charge in [-0.3, -0.25) is 4.79 Å². The van der Waals surface area contributed by atoms with Crippen LogP contribution in [0.5, 0.6) is 0 Å². The summed E-state index contributed by atoms with van der Waals surface area (Å²) in [6.45, 7) is 0. The number of nitrogens with one attached hydrogen (secondary N) is 1. The molecule has 3 rings (SSSR count). The van der Waals surface area contributed by atoms with Gasteiger partial charge in [-0.15, -0.1) is 0 Å². The first-order valence-electron chi connectivity index (χ1n) is 6.53. The molecule has 0 aliphatic heterocycles. The Bertz CT molecular complexity index is 934. The van der Waals surface area contributed by atoms with Crippen LogP contribution in [0.3, 0.4) is 0 Å². The molecular formula is C16H11ClN2O3. The standard InChI is InChI=1S/C16H11ClN2O3/c17-11-3-1-2-9(6-11)7-14-18-13-5-4-10(16(21)22)8-12(13)15(20)19-14/h1-6,8H,7H2,(H,21,22)(H,18,19,20). The van der Waals surface area contributed by atoms with Gasteiger partial charge in [-0.05, 0) is 35.9 Å². The minimum Gasteiger partial charge on any atom is -0.478 e. The number of carboxylic acids is 1. The first-order chi connectivity index (χ1) is 10.5. The fourth-order valence-electron chi connectivity index (χ4n) is 2.24.